The minimum Gasteiger partial charge on any atom is -0.493 e. The van der Waals surface area contributed by atoms with Crippen LogP contribution in [0.1, 0.15) is 24.0 Å². The topological polar surface area (TPSA) is 9.23 Å². The molecule has 0 fully saturated rings. The molecular formula is C11H13ClO. The normalized spacial score (nSPS) is 15.8. The van der Waals surface area contributed by atoms with Crippen LogP contribution in [0.3, 0.4) is 0 Å². The van der Waals surface area contributed by atoms with Gasteiger partial charge in [-0.25, -0.2) is 0 Å². The molecule has 0 radical (unpaired) electrons. The zero-order valence-corrected chi connectivity index (χ0v) is 8.31. The van der Waals surface area contributed by atoms with Crippen LogP contribution in [-0.4, -0.2) is 6.61 Å². The van der Waals surface area contributed by atoms with Crippen molar-refractivity contribution in [2.24, 2.45) is 0 Å². The lowest BCUT2D eigenvalue weighted by Crippen LogP contribution is -1.94. The van der Waals surface area contributed by atoms with Crippen LogP contribution in [0.25, 0.3) is 0 Å². The summed E-state index contributed by atoms with van der Waals surface area (Å²) in [6.07, 6.45) is 3.50. The van der Waals surface area contributed by atoms with E-state index in [1.807, 2.05) is 12.1 Å². The Bertz CT molecular complexity index is 296. The quantitative estimate of drug-likeness (QED) is 0.627. The molecule has 0 aromatic heterocycles. The predicted octanol–water partition coefficient (Wildman–Crippen LogP) is 3.14. The van der Waals surface area contributed by atoms with E-state index in [-0.39, 0.29) is 0 Å². The molecule has 2 rings (SSSR count). The highest BCUT2D eigenvalue weighted by Gasteiger charge is 2.08. The minimum atomic E-state index is 0.591. The monoisotopic (exact) mass is 196 g/mol. The molecule has 0 atom stereocenters. The summed E-state index contributed by atoms with van der Waals surface area (Å²) >= 11 is 5.77. The summed E-state index contributed by atoms with van der Waals surface area (Å²) in [6.45, 7) is 0.854. The average molecular weight is 197 g/mol. The van der Waals surface area contributed by atoms with Crippen LogP contribution in [0.15, 0.2) is 18.2 Å². The highest BCUT2D eigenvalue weighted by Crippen LogP contribution is 2.25. The molecular weight excluding hydrogens is 184 g/mol. The Balaban J connectivity index is 2.32. The molecule has 1 heterocycles. The van der Waals surface area contributed by atoms with Crippen molar-refractivity contribution < 1.29 is 4.74 Å². The summed E-state index contributed by atoms with van der Waals surface area (Å²) in [4.78, 5) is 0. The first-order valence-electron chi connectivity index (χ1n) is 4.71. The molecule has 1 aliphatic rings. The first-order valence-corrected chi connectivity index (χ1v) is 5.24. The second-order valence-electron chi connectivity index (χ2n) is 3.38. The van der Waals surface area contributed by atoms with Crippen LogP contribution >= 0.6 is 11.6 Å². The van der Waals surface area contributed by atoms with Crippen molar-refractivity contribution in [1.82, 2.24) is 0 Å². The number of aryl methyl sites for hydroxylation is 1. The molecule has 0 N–H and O–H groups in total. The molecule has 0 spiro atoms. The van der Waals surface area contributed by atoms with E-state index < -0.39 is 0 Å². The summed E-state index contributed by atoms with van der Waals surface area (Å²) in [5.74, 6) is 1.64. The molecule has 13 heavy (non-hydrogen) atoms. The van der Waals surface area contributed by atoms with E-state index >= 15 is 0 Å². The smallest absolute Gasteiger partial charge is 0.122 e. The van der Waals surface area contributed by atoms with Gasteiger partial charge in [0.2, 0.25) is 0 Å². The van der Waals surface area contributed by atoms with Crippen LogP contribution in [0.5, 0.6) is 5.75 Å². The lowest BCUT2D eigenvalue weighted by molar-refractivity contribution is 0.317. The van der Waals surface area contributed by atoms with Gasteiger partial charge in [0, 0.05) is 5.88 Å². The fourth-order valence-corrected chi connectivity index (χ4v) is 1.82. The average Bonchev–Trinajstić information content (AvgIpc) is 2.41. The highest BCUT2D eigenvalue weighted by atomic mass is 35.5. The Hall–Kier alpha value is -0.690. The van der Waals surface area contributed by atoms with Crippen LogP contribution in [0.2, 0.25) is 0 Å². The van der Waals surface area contributed by atoms with Gasteiger partial charge in [0.05, 0.1) is 6.61 Å². The van der Waals surface area contributed by atoms with Gasteiger partial charge in [-0.1, -0.05) is 12.1 Å². The number of benzene rings is 1. The van der Waals surface area contributed by atoms with Crippen LogP contribution in [0.4, 0.5) is 0 Å². The summed E-state index contributed by atoms with van der Waals surface area (Å²) < 4.78 is 5.60. The second kappa shape index (κ2) is 4.01. The first kappa shape index (κ1) is 8.89. The van der Waals surface area contributed by atoms with Crippen molar-refractivity contribution in [3.05, 3.63) is 29.3 Å². The van der Waals surface area contributed by atoms with Gasteiger partial charge < -0.3 is 4.74 Å². The molecule has 0 amide bonds. The SMILES string of the molecule is ClCc1ccc2c(c1)CCCCO2. The van der Waals surface area contributed by atoms with Gasteiger partial charge in [0.1, 0.15) is 5.75 Å². The Morgan fingerprint density at radius 3 is 3.08 bits per heavy atom. The summed E-state index contributed by atoms with van der Waals surface area (Å²) in [7, 11) is 0. The van der Waals surface area contributed by atoms with Gasteiger partial charge in [-0.15, -0.1) is 11.6 Å². The number of alkyl halides is 1. The summed E-state index contributed by atoms with van der Waals surface area (Å²) in [5.41, 5.74) is 2.50. The third kappa shape index (κ3) is 1.97. The maximum absolute atomic E-state index is 5.77. The molecule has 0 aliphatic carbocycles. The van der Waals surface area contributed by atoms with E-state index in [1.165, 1.54) is 17.5 Å². The Labute approximate surface area is 83.7 Å². The van der Waals surface area contributed by atoms with Crippen LogP contribution in [0, 0.1) is 0 Å². The zero-order valence-electron chi connectivity index (χ0n) is 7.55. The van der Waals surface area contributed by atoms with Crippen molar-refractivity contribution >= 4 is 11.6 Å². The minimum absolute atomic E-state index is 0.591. The van der Waals surface area contributed by atoms with E-state index in [0.29, 0.717) is 5.88 Å². The van der Waals surface area contributed by atoms with Crippen molar-refractivity contribution in [3.8, 4) is 5.75 Å². The molecule has 1 nitrogen and oxygen atoms in total. The number of hydrogen-bond donors (Lipinski definition) is 0. The van der Waals surface area contributed by atoms with Crippen molar-refractivity contribution in [1.29, 1.82) is 0 Å². The number of ether oxygens (including phenoxy) is 1. The third-order valence-corrected chi connectivity index (χ3v) is 2.69. The maximum Gasteiger partial charge on any atom is 0.122 e. The van der Waals surface area contributed by atoms with Crippen molar-refractivity contribution in [2.45, 2.75) is 25.1 Å². The van der Waals surface area contributed by atoms with Crippen LogP contribution in [-0.2, 0) is 12.3 Å². The molecule has 0 bridgehead atoms. The third-order valence-electron chi connectivity index (χ3n) is 2.38. The second-order valence-corrected chi connectivity index (χ2v) is 3.65. The van der Waals surface area contributed by atoms with Crippen LogP contribution < -0.4 is 4.74 Å². The Kier molecular flexibility index (Phi) is 2.74. The van der Waals surface area contributed by atoms with E-state index in [9.17, 15) is 0 Å². The van der Waals surface area contributed by atoms with Gasteiger partial charge >= 0.3 is 0 Å². The van der Waals surface area contributed by atoms with Gasteiger partial charge in [0.15, 0.2) is 0 Å². The van der Waals surface area contributed by atoms with E-state index in [4.69, 9.17) is 16.3 Å². The molecule has 0 saturated carbocycles. The lowest BCUT2D eigenvalue weighted by atomic mass is 10.1. The fraction of sp³-hybridized carbons (Fsp3) is 0.455. The molecule has 0 unspecified atom stereocenters. The molecule has 1 aromatic carbocycles. The Morgan fingerprint density at radius 1 is 1.31 bits per heavy atom. The number of hydrogen-bond acceptors (Lipinski definition) is 1. The zero-order chi connectivity index (χ0) is 9.10. The summed E-state index contributed by atoms with van der Waals surface area (Å²) in [5, 5.41) is 0. The molecule has 2 heteroatoms. The van der Waals surface area contributed by atoms with Crippen molar-refractivity contribution in [2.75, 3.05) is 6.61 Å². The summed E-state index contributed by atoms with van der Waals surface area (Å²) in [6, 6.07) is 6.24. The molecule has 1 aliphatic heterocycles. The van der Waals surface area contributed by atoms with Gasteiger partial charge in [-0.05, 0) is 36.5 Å². The number of rotatable bonds is 1. The fourth-order valence-electron chi connectivity index (χ4n) is 1.65. The largest absolute Gasteiger partial charge is 0.493 e. The van der Waals surface area contributed by atoms with Crippen molar-refractivity contribution in [3.63, 3.8) is 0 Å². The highest BCUT2D eigenvalue weighted by molar-refractivity contribution is 6.17. The lowest BCUT2D eigenvalue weighted by Gasteiger charge is -2.07. The molecule has 1 aromatic rings. The predicted molar refractivity (Wildman–Crippen MR) is 54.4 cm³/mol. The van der Waals surface area contributed by atoms with Gasteiger partial charge in [0.25, 0.3) is 0 Å². The number of fused-ring (bicyclic) bond motifs is 1. The van der Waals surface area contributed by atoms with Gasteiger partial charge in [-0.3, -0.25) is 0 Å². The van der Waals surface area contributed by atoms with E-state index in [1.54, 1.807) is 0 Å². The van der Waals surface area contributed by atoms with E-state index in [0.717, 1.165) is 25.2 Å². The van der Waals surface area contributed by atoms with E-state index in [2.05, 4.69) is 6.07 Å². The first-order chi connectivity index (χ1) is 6.40. The Morgan fingerprint density at radius 2 is 2.23 bits per heavy atom. The number of halogens is 1. The maximum atomic E-state index is 5.77. The van der Waals surface area contributed by atoms with Gasteiger partial charge in [-0.2, -0.15) is 0 Å². The molecule has 0 saturated heterocycles. The molecule has 70 valence electrons. The standard InChI is InChI=1S/C11H13ClO/c12-8-9-4-5-11-10(7-9)3-1-2-6-13-11/h4-5,7H,1-3,6,8H2.